The summed E-state index contributed by atoms with van der Waals surface area (Å²) < 4.78 is 61.5. The highest BCUT2D eigenvalue weighted by Crippen LogP contribution is 2.28. The second-order valence-electron chi connectivity index (χ2n) is 4.13. The summed E-state index contributed by atoms with van der Waals surface area (Å²) in [6, 6.07) is 5.50. The van der Waals surface area contributed by atoms with Gasteiger partial charge in [0.25, 0.3) is 0 Å². The number of aliphatic hydroxyl groups is 1. The van der Waals surface area contributed by atoms with Gasteiger partial charge in [0.05, 0.1) is 22.9 Å². The lowest BCUT2D eigenvalue weighted by atomic mass is 10.3. The lowest BCUT2D eigenvalue weighted by molar-refractivity contribution is -0.119. The average Bonchev–Trinajstić information content (AvgIpc) is 2.37. The minimum atomic E-state index is -4.49. The van der Waals surface area contributed by atoms with Gasteiger partial charge in [-0.25, -0.2) is 8.42 Å². The first-order chi connectivity index (χ1) is 9.21. The van der Waals surface area contributed by atoms with Crippen molar-refractivity contribution in [2.45, 2.75) is 18.0 Å². The minimum Gasteiger partial charge on any atom is -0.395 e. The Kier molecular flexibility index (Phi) is 5.41. The quantitative estimate of drug-likeness (QED) is 0.871. The first-order valence-corrected chi connectivity index (χ1v) is 7.61. The molecule has 4 nitrogen and oxygen atoms in total. The van der Waals surface area contributed by atoms with E-state index in [-0.39, 0.29) is 22.9 Å². The van der Waals surface area contributed by atoms with Crippen LogP contribution >= 0.6 is 0 Å². The van der Waals surface area contributed by atoms with Crippen molar-refractivity contribution in [3.8, 4) is 0 Å². The second-order valence-corrected chi connectivity index (χ2v) is 6.38. The van der Waals surface area contributed by atoms with E-state index < -0.39 is 29.2 Å². The topological polar surface area (TPSA) is 57.6 Å². The van der Waals surface area contributed by atoms with Crippen molar-refractivity contribution in [2.24, 2.45) is 0 Å². The maximum Gasteiger partial charge on any atom is 0.405 e. The molecule has 0 aliphatic rings. The zero-order valence-electron chi connectivity index (χ0n) is 10.9. The SMILES string of the molecule is CCS(=O)(=O)c1ccccc1N(CCO)CC(F)(F)F. The van der Waals surface area contributed by atoms with Crippen molar-refractivity contribution >= 4 is 15.5 Å². The molecule has 1 aromatic carbocycles. The first kappa shape index (κ1) is 16.8. The summed E-state index contributed by atoms with van der Waals surface area (Å²) in [7, 11) is -3.64. The van der Waals surface area contributed by atoms with E-state index in [1.807, 2.05) is 0 Å². The van der Waals surface area contributed by atoms with Crippen LogP contribution in [0, 0.1) is 0 Å². The third-order valence-electron chi connectivity index (χ3n) is 2.66. The number of halogens is 3. The molecule has 0 unspecified atom stereocenters. The van der Waals surface area contributed by atoms with Crippen molar-refractivity contribution in [1.29, 1.82) is 0 Å². The normalized spacial score (nSPS) is 12.4. The van der Waals surface area contributed by atoms with E-state index in [1.54, 1.807) is 0 Å². The molecule has 0 amide bonds. The Morgan fingerprint density at radius 2 is 1.85 bits per heavy atom. The van der Waals surface area contributed by atoms with Crippen LogP contribution in [0.3, 0.4) is 0 Å². The van der Waals surface area contributed by atoms with Crippen LogP contribution in [-0.2, 0) is 9.84 Å². The molecule has 0 fully saturated rings. The first-order valence-electron chi connectivity index (χ1n) is 5.95. The van der Waals surface area contributed by atoms with E-state index in [0.717, 1.165) is 4.90 Å². The van der Waals surface area contributed by atoms with Gasteiger partial charge in [0.1, 0.15) is 6.54 Å². The van der Waals surface area contributed by atoms with Gasteiger partial charge in [0, 0.05) is 6.54 Å². The van der Waals surface area contributed by atoms with Crippen LogP contribution in [0.2, 0.25) is 0 Å². The molecule has 20 heavy (non-hydrogen) atoms. The van der Waals surface area contributed by atoms with Gasteiger partial charge >= 0.3 is 6.18 Å². The summed E-state index contributed by atoms with van der Waals surface area (Å²) in [6.07, 6.45) is -4.49. The predicted molar refractivity (Wildman–Crippen MR) is 69.5 cm³/mol. The molecule has 0 atom stereocenters. The molecule has 1 rings (SSSR count). The lowest BCUT2D eigenvalue weighted by Crippen LogP contribution is -2.37. The zero-order valence-corrected chi connectivity index (χ0v) is 11.7. The largest absolute Gasteiger partial charge is 0.405 e. The summed E-state index contributed by atoms with van der Waals surface area (Å²) in [6.45, 7) is -0.692. The molecule has 0 saturated heterocycles. The maximum atomic E-state index is 12.6. The Morgan fingerprint density at radius 1 is 1.25 bits per heavy atom. The Bertz CT molecular complexity index is 543. The monoisotopic (exact) mass is 311 g/mol. The molecule has 0 heterocycles. The fourth-order valence-corrected chi connectivity index (χ4v) is 2.87. The van der Waals surface area contributed by atoms with Crippen LogP contribution in [0.4, 0.5) is 18.9 Å². The molecule has 0 spiro atoms. The van der Waals surface area contributed by atoms with E-state index in [0.29, 0.717) is 0 Å². The Hall–Kier alpha value is -1.28. The van der Waals surface area contributed by atoms with Crippen molar-refractivity contribution in [3.63, 3.8) is 0 Å². The van der Waals surface area contributed by atoms with Crippen LogP contribution in [0.15, 0.2) is 29.2 Å². The van der Waals surface area contributed by atoms with Gasteiger partial charge < -0.3 is 10.0 Å². The number of para-hydroxylation sites is 1. The molecule has 0 radical (unpaired) electrons. The number of sulfone groups is 1. The molecule has 1 N–H and O–H groups in total. The zero-order chi connectivity index (χ0) is 15.4. The van der Waals surface area contributed by atoms with Crippen molar-refractivity contribution in [2.75, 3.05) is 30.3 Å². The van der Waals surface area contributed by atoms with Gasteiger partial charge in [-0.1, -0.05) is 19.1 Å². The number of hydrogen-bond donors (Lipinski definition) is 1. The van der Waals surface area contributed by atoms with Gasteiger partial charge in [-0.3, -0.25) is 0 Å². The van der Waals surface area contributed by atoms with E-state index in [9.17, 15) is 21.6 Å². The van der Waals surface area contributed by atoms with Crippen LogP contribution in [0.5, 0.6) is 0 Å². The van der Waals surface area contributed by atoms with Crippen molar-refractivity contribution in [3.05, 3.63) is 24.3 Å². The molecule has 8 heteroatoms. The van der Waals surface area contributed by atoms with Gasteiger partial charge in [0.2, 0.25) is 0 Å². The molecule has 0 aliphatic heterocycles. The predicted octanol–water partition coefficient (Wildman–Crippen LogP) is 1.84. The Morgan fingerprint density at radius 3 is 2.35 bits per heavy atom. The Balaban J connectivity index is 3.27. The van der Waals surface area contributed by atoms with Crippen LogP contribution in [0.25, 0.3) is 0 Å². The van der Waals surface area contributed by atoms with E-state index in [4.69, 9.17) is 5.11 Å². The summed E-state index contributed by atoms with van der Waals surface area (Å²) in [5.41, 5.74) is -0.0410. The fourth-order valence-electron chi connectivity index (χ4n) is 1.76. The van der Waals surface area contributed by atoms with Gasteiger partial charge in [-0.2, -0.15) is 13.2 Å². The highest BCUT2D eigenvalue weighted by molar-refractivity contribution is 7.91. The highest BCUT2D eigenvalue weighted by atomic mass is 32.2. The summed E-state index contributed by atoms with van der Waals surface area (Å²) in [4.78, 5) is 0.669. The molecule has 0 bridgehead atoms. The second kappa shape index (κ2) is 6.45. The number of alkyl halides is 3. The fraction of sp³-hybridized carbons (Fsp3) is 0.500. The minimum absolute atomic E-state index is 0.0410. The lowest BCUT2D eigenvalue weighted by Gasteiger charge is -2.27. The van der Waals surface area contributed by atoms with Crippen molar-refractivity contribution in [1.82, 2.24) is 0 Å². The maximum absolute atomic E-state index is 12.6. The van der Waals surface area contributed by atoms with E-state index >= 15 is 0 Å². The molecule has 1 aromatic rings. The molecular weight excluding hydrogens is 295 g/mol. The number of benzene rings is 1. The average molecular weight is 311 g/mol. The van der Waals surface area contributed by atoms with Crippen LogP contribution in [0.1, 0.15) is 6.92 Å². The molecule has 0 aliphatic carbocycles. The molecule has 0 aromatic heterocycles. The third kappa shape index (κ3) is 4.38. The number of aliphatic hydroxyl groups excluding tert-OH is 1. The highest BCUT2D eigenvalue weighted by Gasteiger charge is 2.32. The van der Waals surface area contributed by atoms with Gasteiger partial charge in [-0.05, 0) is 12.1 Å². The number of nitrogens with zero attached hydrogens (tertiary/aromatic N) is 1. The number of rotatable bonds is 6. The van der Waals surface area contributed by atoms with Crippen LogP contribution in [-0.4, -0.2) is 45.1 Å². The van der Waals surface area contributed by atoms with E-state index in [2.05, 4.69) is 0 Å². The molecular formula is C12H16F3NO3S. The summed E-state index contributed by atoms with van der Waals surface area (Å²) in [5, 5.41) is 8.89. The summed E-state index contributed by atoms with van der Waals surface area (Å²) in [5.74, 6) is -0.205. The third-order valence-corrected chi connectivity index (χ3v) is 4.44. The number of anilines is 1. The van der Waals surface area contributed by atoms with Crippen molar-refractivity contribution < 1.29 is 26.7 Å². The molecule has 114 valence electrons. The summed E-state index contributed by atoms with van der Waals surface area (Å²) >= 11 is 0. The van der Waals surface area contributed by atoms with Crippen LogP contribution < -0.4 is 4.90 Å². The smallest absolute Gasteiger partial charge is 0.395 e. The van der Waals surface area contributed by atoms with Gasteiger partial charge in [0.15, 0.2) is 9.84 Å². The van der Waals surface area contributed by atoms with E-state index in [1.165, 1.54) is 31.2 Å². The number of hydrogen-bond acceptors (Lipinski definition) is 4. The molecule has 0 saturated carbocycles. The van der Waals surface area contributed by atoms with Gasteiger partial charge in [-0.15, -0.1) is 0 Å². The Labute approximate surface area is 115 Å². The standard InChI is InChI=1S/C12H16F3NO3S/c1-2-20(18,19)11-6-4-3-5-10(11)16(7-8-17)9-12(13,14)15/h3-6,17H,2,7-9H2,1H3.